The van der Waals surface area contributed by atoms with Crippen molar-refractivity contribution < 1.29 is 9.53 Å². The van der Waals surface area contributed by atoms with E-state index in [4.69, 9.17) is 4.74 Å². The number of nitrogens with one attached hydrogen (secondary N) is 1. The fourth-order valence-electron chi connectivity index (χ4n) is 2.58. The molecule has 1 aromatic carbocycles. The zero-order chi connectivity index (χ0) is 15.1. The summed E-state index contributed by atoms with van der Waals surface area (Å²) >= 11 is 0. The maximum atomic E-state index is 12.0. The van der Waals surface area contributed by atoms with Crippen molar-refractivity contribution in [2.45, 2.75) is 13.3 Å². The molecule has 0 bridgehead atoms. The Labute approximate surface area is 151 Å². The molecule has 0 saturated carbocycles. The summed E-state index contributed by atoms with van der Waals surface area (Å²) in [5.74, 6) is 1.16. The van der Waals surface area contributed by atoms with Crippen molar-refractivity contribution in [1.29, 1.82) is 0 Å². The van der Waals surface area contributed by atoms with Crippen LogP contribution in [0.4, 0.5) is 5.69 Å². The number of benzene rings is 1. The maximum absolute atomic E-state index is 12.0. The lowest BCUT2D eigenvalue weighted by molar-refractivity contribution is -0.131. The summed E-state index contributed by atoms with van der Waals surface area (Å²) in [6, 6.07) is 8.11. The molecule has 7 heteroatoms. The molecule has 132 valence electrons. The summed E-state index contributed by atoms with van der Waals surface area (Å²) in [6.45, 7) is 6.68. The molecule has 1 heterocycles. The summed E-state index contributed by atoms with van der Waals surface area (Å²) in [4.78, 5) is 16.3. The zero-order valence-electron chi connectivity index (χ0n) is 13.8. The van der Waals surface area contributed by atoms with Gasteiger partial charge in [-0.2, -0.15) is 0 Å². The van der Waals surface area contributed by atoms with Crippen LogP contribution in [-0.2, 0) is 4.79 Å². The minimum absolute atomic E-state index is 0. The Morgan fingerprint density at radius 2 is 1.83 bits per heavy atom. The van der Waals surface area contributed by atoms with Gasteiger partial charge in [0.2, 0.25) is 5.91 Å². The van der Waals surface area contributed by atoms with Crippen molar-refractivity contribution in [2.24, 2.45) is 0 Å². The van der Waals surface area contributed by atoms with Crippen molar-refractivity contribution in [1.82, 2.24) is 10.2 Å². The number of carbonyl (C=O) groups is 1. The van der Waals surface area contributed by atoms with Crippen LogP contribution in [0.1, 0.15) is 13.3 Å². The van der Waals surface area contributed by atoms with Gasteiger partial charge in [-0.1, -0.05) is 12.1 Å². The molecule has 1 aromatic rings. The second kappa shape index (κ2) is 11.4. The van der Waals surface area contributed by atoms with Gasteiger partial charge < -0.3 is 19.9 Å². The summed E-state index contributed by atoms with van der Waals surface area (Å²) < 4.78 is 5.69. The van der Waals surface area contributed by atoms with Crippen LogP contribution in [0.25, 0.3) is 0 Å². The standard InChI is InChI=1S/C16H25N3O2.2ClH/c1-3-21-15-7-5-4-6-14(15)18-10-12-19(13-11-18)16(20)8-9-17-2;;/h4-7,17H,3,8-13H2,1-2H3;2*1H. The molecule has 2 rings (SSSR count). The second-order valence-electron chi connectivity index (χ2n) is 5.12. The lowest BCUT2D eigenvalue weighted by Crippen LogP contribution is -2.49. The molecule has 1 amide bonds. The number of amides is 1. The molecule has 23 heavy (non-hydrogen) atoms. The highest BCUT2D eigenvalue weighted by Crippen LogP contribution is 2.28. The summed E-state index contributed by atoms with van der Waals surface area (Å²) in [5, 5.41) is 3.02. The normalized spacial score (nSPS) is 13.8. The first kappa shape index (κ1) is 21.8. The molecule has 1 N–H and O–H groups in total. The third-order valence-electron chi connectivity index (χ3n) is 3.73. The van der Waals surface area contributed by atoms with E-state index in [0.717, 1.165) is 44.2 Å². The van der Waals surface area contributed by atoms with Gasteiger partial charge in [0.05, 0.1) is 12.3 Å². The lowest BCUT2D eigenvalue weighted by atomic mass is 10.2. The van der Waals surface area contributed by atoms with E-state index in [0.29, 0.717) is 13.0 Å². The summed E-state index contributed by atoms with van der Waals surface area (Å²) in [7, 11) is 1.87. The Morgan fingerprint density at radius 3 is 2.43 bits per heavy atom. The largest absolute Gasteiger partial charge is 0.492 e. The predicted octanol–water partition coefficient (Wildman–Crippen LogP) is 2.19. The van der Waals surface area contributed by atoms with Crippen LogP contribution in [0.5, 0.6) is 5.75 Å². The molecule has 0 atom stereocenters. The van der Waals surface area contributed by atoms with Crippen LogP contribution >= 0.6 is 24.8 Å². The smallest absolute Gasteiger partial charge is 0.223 e. The minimum atomic E-state index is 0. The van der Waals surface area contributed by atoms with Gasteiger partial charge in [0.15, 0.2) is 0 Å². The average Bonchev–Trinajstić information content (AvgIpc) is 2.53. The Morgan fingerprint density at radius 1 is 1.17 bits per heavy atom. The highest BCUT2D eigenvalue weighted by atomic mass is 35.5. The van der Waals surface area contributed by atoms with Crippen LogP contribution in [0.15, 0.2) is 24.3 Å². The highest BCUT2D eigenvalue weighted by Gasteiger charge is 2.22. The third kappa shape index (κ3) is 6.09. The number of nitrogens with zero attached hydrogens (tertiary/aromatic N) is 2. The van der Waals surface area contributed by atoms with Gasteiger partial charge in [-0.25, -0.2) is 0 Å². The first-order valence-electron chi connectivity index (χ1n) is 7.65. The Bertz CT molecular complexity index is 466. The molecule has 1 fully saturated rings. The Balaban J connectivity index is 0.00000242. The number of para-hydroxylation sites is 2. The molecular weight excluding hydrogens is 337 g/mol. The maximum Gasteiger partial charge on any atom is 0.223 e. The quantitative estimate of drug-likeness (QED) is 0.841. The third-order valence-corrected chi connectivity index (χ3v) is 3.73. The van der Waals surface area contributed by atoms with Gasteiger partial charge in [0.25, 0.3) is 0 Å². The van der Waals surface area contributed by atoms with E-state index in [2.05, 4.69) is 16.3 Å². The fourth-order valence-corrected chi connectivity index (χ4v) is 2.58. The molecule has 0 unspecified atom stereocenters. The summed E-state index contributed by atoms with van der Waals surface area (Å²) in [5.41, 5.74) is 1.13. The minimum Gasteiger partial charge on any atom is -0.492 e. The van der Waals surface area contributed by atoms with E-state index < -0.39 is 0 Å². The van der Waals surface area contributed by atoms with Gasteiger partial charge in [-0.05, 0) is 26.1 Å². The van der Waals surface area contributed by atoms with Gasteiger partial charge in [0.1, 0.15) is 5.75 Å². The molecule has 1 aliphatic heterocycles. The number of halogens is 2. The Kier molecular flexibility index (Phi) is 10.8. The van der Waals surface area contributed by atoms with Crippen LogP contribution in [0.3, 0.4) is 0 Å². The van der Waals surface area contributed by atoms with E-state index >= 15 is 0 Å². The SMILES string of the molecule is CCOc1ccccc1N1CCN(C(=O)CCNC)CC1.Cl.Cl. The first-order chi connectivity index (χ1) is 10.3. The number of carbonyl (C=O) groups excluding carboxylic acids is 1. The monoisotopic (exact) mass is 363 g/mol. The summed E-state index contributed by atoms with van der Waals surface area (Å²) in [6.07, 6.45) is 0.575. The van der Waals surface area contributed by atoms with Crippen LogP contribution in [-0.4, -0.2) is 57.2 Å². The van der Waals surface area contributed by atoms with E-state index in [1.807, 2.05) is 37.1 Å². The lowest BCUT2D eigenvalue weighted by Gasteiger charge is -2.36. The predicted molar refractivity (Wildman–Crippen MR) is 99.4 cm³/mol. The van der Waals surface area contributed by atoms with Gasteiger partial charge in [-0.15, -0.1) is 24.8 Å². The number of hydrogen-bond donors (Lipinski definition) is 1. The van der Waals surface area contributed by atoms with Crippen molar-refractivity contribution in [3.05, 3.63) is 24.3 Å². The van der Waals surface area contributed by atoms with Crippen molar-refractivity contribution in [3.8, 4) is 5.75 Å². The number of anilines is 1. The zero-order valence-corrected chi connectivity index (χ0v) is 15.4. The van der Waals surface area contributed by atoms with Crippen LogP contribution in [0, 0.1) is 0 Å². The van der Waals surface area contributed by atoms with Crippen molar-refractivity contribution in [3.63, 3.8) is 0 Å². The van der Waals surface area contributed by atoms with Crippen molar-refractivity contribution in [2.75, 3.05) is 51.3 Å². The molecular formula is C16H27Cl2N3O2. The van der Waals surface area contributed by atoms with E-state index in [-0.39, 0.29) is 30.7 Å². The van der Waals surface area contributed by atoms with Crippen LogP contribution in [0.2, 0.25) is 0 Å². The van der Waals surface area contributed by atoms with Crippen molar-refractivity contribution >= 4 is 36.4 Å². The van der Waals surface area contributed by atoms with Gasteiger partial charge in [0, 0.05) is 39.1 Å². The highest BCUT2D eigenvalue weighted by molar-refractivity contribution is 5.85. The molecule has 1 aliphatic rings. The second-order valence-corrected chi connectivity index (χ2v) is 5.12. The van der Waals surface area contributed by atoms with E-state index in [1.54, 1.807) is 0 Å². The number of ether oxygens (including phenoxy) is 1. The number of piperazine rings is 1. The van der Waals surface area contributed by atoms with E-state index in [9.17, 15) is 4.79 Å². The van der Waals surface area contributed by atoms with Crippen LogP contribution < -0.4 is 15.0 Å². The van der Waals surface area contributed by atoms with E-state index in [1.165, 1.54) is 0 Å². The average molecular weight is 364 g/mol. The molecule has 5 nitrogen and oxygen atoms in total. The Hall–Kier alpha value is -1.17. The van der Waals surface area contributed by atoms with Gasteiger partial charge in [-0.3, -0.25) is 4.79 Å². The number of hydrogen-bond acceptors (Lipinski definition) is 4. The topological polar surface area (TPSA) is 44.8 Å². The molecule has 0 aliphatic carbocycles. The number of rotatable bonds is 6. The molecule has 1 saturated heterocycles. The fraction of sp³-hybridized carbons (Fsp3) is 0.562. The first-order valence-corrected chi connectivity index (χ1v) is 7.65. The van der Waals surface area contributed by atoms with Gasteiger partial charge >= 0.3 is 0 Å². The molecule has 0 spiro atoms. The molecule has 0 radical (unpaired) electrons. The molecule has 0 aromatic heterocycles.